The Hall–Kier alpha value is -1.58. The van der Waals surface area contributed by atoms with Crippen LogP contribution in [0.1, 0.15) is 55.4 Å². The van der Waals surface area contributed by atoms with Crippen molar-refractivity contribution < 1.29 is 29.1 Å². The van der Waals surface area contributed by atoms with E-state index in [4.69, 9.17) is 19.6 Å². The van der Waals surface area contributed by atoms with Gasteiger partial charge in [-0.2, -0.15) is 9.78 Å². The second-order valence-electron chi connectivity index (χ2n) is 6.55. The normalized spacial score (nSPS) is 11.9. The minimum absolute atomic E-state index is 0.293. The lowest BCUT2D eigenvalue weighted by molar-refractivity contribution is -0.315. The van der Waals surface area contributed by atoms with Crippen LogP contribution in [0.2, 0.25) is 0 Å². The fourth-order valence-electron chi connectivity index (χ4n) is 0.826. The third-order valence-corrected chi connectivity index (χ3v) is 2.27. The molecular formula is C16H26O6. The maximum atomic E-state index is 11.4. The Morgan fingerprint density at radius 2 is 1.00 bits per heavy atom. The lowest BCUT2D eigenvalue weighted by atomic mass is 10.1. The van der Waals surface area contributed by atoms with Crippen LogP contribution in [0.25, 0.3) is 0 Å². The summed E-state index contributed by atoms with van der Waals surface area (Å²) >= 11 is 0. The largest absolute Gasteiger partial charge is 0.344 e. The molecule has 6 heteroatoms. The van der Waals surface area contributed by atoms with Gasteiger partial charge in [-0.25, -0.2) is 9.59 Å². The summed E-state index contributed by atoms with van der Waals surface area (Å²) in [6.07, 6.45) is 0. The quantitative estimate of drug-likeness (QED) is 0.426. The predicted molar refractivity (Wildman–Crippen MR) is 80.0 cm³/mol. The Bertz CT molecular complexity index is 411. The lowest BCUT2D eigenvalue weighted by Gasteiger charge is -2.20. The van der Waals surface area contributed by atoms with Crippen LogP contribution in [-0.4, -0.2) is 23.1 Å². The van der Waals surface area contributed by atoms with Gasteiger partial charge in [-0.1, -0.05) is 39.5 Å². The summed E-state index contributed by atoms with van der Waals surface area (Å²) < 4.78 is 0. The van der Waals surface area contributed by atoms with Gasteiger partial charge in [-0.15, -0.1) is 0 Å². The zero-order valence-electron chi connectivity index (χ0n) is 14.6. The van der Waals surface area contributed by atoms with E-state index in [1.54, 1.807) is 55.4 Å². The Morgan fingerprint density at radius 3 is 1.23 bits per heavy atom. The van der Waals surface area contributed by atoms with Crippen molar-refractivity contribution in [2.24, 2.45) is 11.8 Å². The molecule has 126 valence electrons. The standard InChI is InChI=1S/C16H26O6/c1-11(2)13(17)19-21-15(5,6)9-10-16(7,8)22-20-14(18)12(3)4/h11-12H,1-8H3. The molecule has 0 spiro atoms. The van der Waals surface area contributed by atoms with Crippen LogP contribution >= 0.6 is 0 Å². The van der Waals surface area contributed by atoms with Crippen molar-refractivity contribution in [3.05, 3.63) is 0 Å². The highest BCUT2D eigenvalue weighted by atomic mass is 17.2. The fraction of sp³-hybridized carbons (Fsp3) is 0.750. The smallest absolute Gasteiger partial charge is 0.297 e. The summed E-state index contributed by atoms with van der Waals surface area (Å²) in [5.74, 6) is 4.02. The molecule has 0 saturated heterocycles. The van der Waals surface area contributed by atoms with E-state index >= 15 is 0 Å². The zero-order chi connectivity index (χ0) is 17.6. The average molecular weight is 314 g/mol. The van der Waals surface area contributed by atoms with E-state index < -0.39 is 23.1 Å². The molecule has 0 bridgehead atoms. The van der Waals surface area contributed by atoms with Crippen molar-refractivity contribution in [1.82, 2.24) is 0 Å². The average Bonchev–Trinajstić information content (AvgIpc) is 2.40. The van der Waals surface area contributed by atoms with Crippen molar-refractivity contribution in [1.29, 1.82) is 0 Å². The maximum Gasteiger partial charge on any atom is 0.344 e. The second-order valence-corrected chi connectivity index (χ2v) is 6.55. The molecule has 0 rings (SSSR count). The number of carbonyl (C=O) groups is 2. The van der Waals surface area contributed by atoms with Gasteiger partial charge >= 0.3 is 11.9 Å². The number of hydrogen-bond acceptors (Lipinski definition) is 6. The van der Waals surface area contributed by atoms with Crippen LogP contribution in [0.5, 0.6) is 0 Å². The Kier molecular flexibility index (Phi) is 7.57. The Morgan fingerprint density at radius 1 is 0.727 bits per heavy atom. The Labute approximate surface area is 132 Å². The van der Waals surface area contributed by atoms with Gasteiger partial charge < -0.3 is 0 Å². The van der Waals surface area contributed by atoms with Crippen LogP contribution in [0.4, 0.5) is 0 Å². The van der Waals surface area contributed by atoms with Gasteiger partial charge in [0.2, 0.25) is 0 Å². The molecule has 0 aromatic heterocycles. The minimum atomic E-state index is -1.02. The molecular weight excluding hydrogens is 288 g/mol. The van der Waals surface area contributed by atoms with Crippen molar-refractivity contribution in [2.45, 2.75) is 66.6 Å². The topological polar surface area (TPSA) is 71.1 Å². The molecule has 0 fully saturated rings. The first-order valence-corrected chi connectivity index (χ1v) is 7.19. The van der Waals surface area contributed by atoms with Crippen molar-refractivity contribution in [3.8, 4) is 11.8 Å². The van der Waals surface area contributed by atoms with Gasteiger partial charge in [0.1, 0.15) is 0 Å². The van der Waals surface area contributed by atoms with Crippen LogP contribution in [0, 0.1) is 23.7 Å². The Balaban J connectivity index is 4.60. The third kappa shape index (κ3) is 8.65. The molecule has 0 saturated carbocycles. The van der Waals surface area contributed by atoms with Crippen LogP contribution in [0.3, 0.4) is 0 Å². The summed E-state index contributed by atoms with van der Waals surface area (Å²) in [6, 6.07) is 0. The number of carbonyl (C=O) groups excluding carboxylic acids is 2. The molecule has 0 radical (unpaired) electrons. The summed E-state index contributed by atoms with van der Waals surface area (Å²) in [6.45, 7) is 13.4. The monoisotopic (exact) mass is 314 g/mol. The van der Waals surface area contributed by atoms with Gasteiger partial charge in [-0.05, 0) is 27.7 Å². The molecule has 0 aliphatic rings. The summed E-state index contributed by atoms with van der Waals surface area (Å²) in [7, 11) is 0. The van der Waals surface area contributed by atoms with Crippen LogP contribution in [-0.2, 0) is 29.1 Å². The van der Waals surface area contributed by atoms with Gasteiger partial charge in [-0.3, -0.25) is 9.78 Å². The van der Waals surface area contributed by atoms with Gasteiger partial charge in [0.15, 0.2) is 11.2 Å². The maximum absolute atomic E-state index is 11.4. The van der Waals surface area contributed by atoms with E-state index in [-0.39, 0.29) is 11.8 Å². The summed E-state index contributed by atoms with van der Waals surface area (Å²) in [4.78, 5) is 42.2. The fourth-order valence-corrected chi connectivity index (χ4v) is 0.826. The van der Waals surface area contributed by atoms with E-state index in [0.29, 0.717) is 0 Å². The van der Waals surface area contributed by atoms with Gasteiger partial charge in [0.05, 0.1) is 11.8 Å². The molecule has 0 aromatic rings. The van der Waals surface area contributed by atoms with Crippen LogP contribution in [0.15, 0.2) is 0 Å². The number of hydrogen-bond donors (Lipinski definition) is 0. The minimum Gasteiger partial charge on any atom is -0.297 e. The molecule has 0 heterocycles. The molecule has 0 N–H and O–H groups in total. The zero-order valence-corrected chi connectivity index (χ0v) is 14.6. The molecule has 0 aromatic carbocycles. The number of rotatable bonds is 6. The third-order valence-electron chi connectivity index (χ3n) is 2.27. The second kappa shape index (κ2) is 8.16. The molecule has 0 amide bonds. The van der Waals surface area contributed by atoms with Gasteiger partial charge in [0, 0.05) is 0 Å². The summed E-state index contributed by atoms with van der Waals surface area (Å²) in [5, 5.41) is 0. The van der Waals surface area contributed by atoms with Crippen LogP contribution < -0.4 is 0 Å². The highest BCUT2D eigenvalue weighted by molar-refractivity contribution is 5.71. The first-order chi connectivity index (χ1) is 9.86. The predicted octanol–water partition coefficient (Wildman–Crippen LogP) is 2.81. The van der Waals surface area contributed by atoms with E-state index in [9.17, 15) is 9.59 Å². The molecule has 22 heavy (non-hydrogen) atoms. The molecule has 0 unspecified atom stereocenters. The SMILES string of the molecule is CC(C)C(=O)OOC(C)(C)C#CC(C)(C)OOC(=O)C(C)C. The first kappa shape index (κ1) is 20.4. The molecule has 6 nitrogen and oxygen atoms in total. The lowest BCUT2D eigenvalue weighted by Crippen LogP contribution is -2.29. The van der Waals surface area contributed by atoms with Crippen molar-refractivity contribution in [2.75, 3.05) is 0 Å². The van der Waals surface area contributed by atoms with E-state index in [2.05, 4.69) is 11.8 Å². The first-order valence-electron chi connectivity index (χ1n) is 7.19. The highest BCUT2D eigenvalue weighted by Crippen LogP contribution is 2.14. The molecule has 0 aliphatic heterocycles. The van der Waals surface area contributed by atoms with Crippen molar-refractivity contribution in [3.63, 3.8) is 0 Å². The molecule has 0 aliphatic carbocycles. The molecule has 0 atom stereocenters. The van der Waals surface area contributed by atoms with E-state index in [0.717, 1.165) is 0 Å². The summed E-state index contributed by atoms with van der Waals surface area (Å²) in [5.41, 5.74) is -2.04. The van der Waals surface area contributed by atoms with Gasteiger partial charge in [0.25, 0.3) is 0 Å². The van der Waals surface area contributed by atoms with E-state index in [1.165, 1.54) is 0 Å². The van der Waals surface area contributed by atoms with E-state index in [1.807, 2.05) is 0 Å². The van der Waals surface area contributed by atoms with Crippen molar-refractivity contribution >= 4 is 11.9 Å². The highest BCUT2D eigenvalue weighted by Gasteiger charge is 2.24.